The zero-order chi connectivity index (χ0) is 14.0. The zero-order valence-electron chi connectivity index (χ0n) is 9.38. The van der Waals surface area contributed by atoms with Crippen molar-refractivity contribution in [1.29, 1.82) is 0 Å². The van der Waals surface area contributed by atoms with Crippen LogP contribution in [0.4, 0.5) is 10.1 Å². The Labute approximate surface area is 136 Å². The fourth-order valence-electron chi connectivity index (χ4n) is 1.45. The lowest BCUT2D eigenvalue weighted by Gasteiger charge is -2.09. The molecular formula is C13H7BrClFINO. The summed E-state index contributed by atoms with van der Waals surface area (Å²) in [4.78, 5) is 12.1. The van der Waals surface area contributed by atoms with Crippen molar-refractivity contribution in [2.24, 2.45) is 0 Å². The SMILES string of the molecule is O=C(Nc1ccc(F)cc1I)c1ccc(Br)cc1Cl. The van der Waals surface area contributed by atoms with Crippen LogP contribution in [-0.2, 0) is 0 Å². The molecule has 0 aromatic heterocycles. The Bertz CT molecular complexity index is 651. The summed E-state index contributed by atoms with van der Waals surface area (Å²) in [5, 5.41) is 3.05. The second-order valence-corrected chi connectivity index (χ2v) is 6.19. The molecule has 0 aliphatic carbocycles. The number of carbonyl (C=O) groups excluding carboxylic acids is 1. The minimum absolute atomic E-state index is 0.331. The van der Waals surface area contributed by atoms with E-state index in [2.05, 4.69) is 21.2 Å². The van der Waals surface area contributed by atoms with E-state index in [1.165, 1.54) is 18.2 Å². The van der Waals surface area contributed by atoms with Gasteiger partial charge in [-0.15, -0.1) is 0 Å². The monoisotopic (exact) mass is 453 g/mol. The molecule has 0 aliphatic heterocycles. The average Bonchev–Trinajstić information content (AvgIpc) is 2.32. The van der Waals surface area contributed by atoms with Gasteiger partial charge in [0, 0.05) is 8.04 Å². The van der Waals surface area contributed by atoms with Crippen LogP contribution in [-0.4, -0.2) is 5.91 Å². The normalized spacial score (nSPS) is 10.3. The Morgan fingerprint density at radius 2 is 2.00 bits per heavy atom. The molecule has 0 radical (unpaired) electrons. The highest BCUT2D eigenvalue weighted by Crippen LogP contribution is 2.24. The Hall–Kier alpha value is -0.660. The molecule has 6 heteroatoms. The fourth-order valence-corrected chi connectivity index (χ4v) is 2.83. The van der Waals surface area contributed by atoms with Crippen LogP contribution in [0.1, 0.15) is 10.4 Å². The first-order valence-corrected chi connectivity index (χ1v) is 7.44. The number of amides is 1. The van der Waals surface area contributed by atoms with Crippen molar-refractivity contribution in [2.75, 3.05) is 5.32 Å². The Balaban J connectivity index is 2.25. The Morgan fingerprint density at radius 1 is 1.26 bits per heavy atom. The number of hydrogen-bond donors (Lipinski definition) is 1. The van der Waals surface area contributed by atoms with E-state index in [9.17, 15) is 9.18 Å². The van der Waals surface area contributed by atoms with Crippen molar-refractivity contribution < 1.29 is 9.18 Å². The van der Waals surface area contributed by atoms with E-state index in [1.54, 1.807) is 18.2 Å². The lowest BCUT2D eigenvalue weighted by Crippen LogP contribution is -2.13. The molecule has 98 valence electrons. The van der Waals surface area contributed by atoms with Crippen molar-refractivity contribution in [3.8, 4) is 0 Å². The summed E-state index contributed by atoms with van der Waals surface area (Å²) in [6.45, 7) is 0. The minimum atomic E-state index is -0.343. The number of anilines is 1. The molecule has 2 aromatic rings. The molecule has 1 amide bonds. The highest BCUT2D eigenvalue weighted by atomic mass is 127. The Kier molecular flexibility index (Phi) is 4.81. The van der Waals surface area contributed by atoms with Crippen LogP contribution >= 0.6 is 50.1 Å². The minimum Gasteiger partial charge on any atom is -0.321 e. The number of benzene rings is 2. The number of nitrogens with one attached hydrogen (secondary N) is 1. The van der Waals surface area contributed by atoms with Gasteiger partial charge in [-0.25, -0.2) is 4.39 Å². The smallest absolute Gasteiger partial charge is 0.257 e. The lowest BCUT2D eigenvalue weighted by atomic mass is 10.2. The quantitative estimate of drug-likeness (QED) is 0.629. The fraction of sp³-hybridized carbons (Fsp3) is 0. The topological polar surface area (TPSA) is 29.1 Å². The van der Waals surface area contributed by atoms with E-state index >= 15 is 0 Å². The second-order valence-electron chi connectivity index (χ2n) is 3.70. The van der Waals surface area contributed by atoms with Gasteiger partial charge in [0.1, 0.15) is 5.82 Å². The molecule has 0 saturated carbocycles. The van der Waals surface area contributed by atoms with Gasteiger partial charge < -0.3 is 5.32 Å². The molecular weight excluding hydrogens is 447 g/mol. The third kappa shape index (κ3) is 3.67. The molecule has 0 atom stereocenters. The summed E-state index contributed by atoms with van der Waals surface area (Å²) in [5.74, 6) is -0.675. The summed E-state index contributed by atoms with van der Waals surface area (Å²) in [5.41, 5.74) is 0.913. The maximum Gasteiger partial charge on any atom is 0.257 e. The van der Waals surface area contributed by atoms with E-state index < -0.39 is 0 Å². The van der Waals surface area contributed by atoms with Crippen LogP contribution in [0.15, 0.2) is 40.9 Å². The summed E-state index contributed by atoms with van der Waals surface area (Å²) in [6.07, 6.45) is 0. The molecule has 19 heavy (non-hydrogen) atoms. The molecule has 0 unspecified atom stereocenters. The van der Waals surface area contributed by atoms with E-state index in [1.807, 2.05) is 22.6 Å². The van der Waals surface area contributed by atoms with Crippen LogP contribution in [0, 0.1) is 9.39 Å². The predicted molar refractivity (Wildman–Crippen MR) is 86.2 cm³/mol. The lowest BCUT2D eigenvalue weighted by molar-refractivity contribution is 0.102. The van der Waals surface area contributed by atoms with Crippen LogP contribution in [0.3, 0.4) is 0 Å². The van der Waals surface area contributed by atoms with Crippen molar-refractivity contribution in [2.45, 2.75) is 0 Å². The number of hydrogen-bond acceptors (Lipinski definition) is 1. The zero-order valence-corrected chi connectivity index (χ0v) is 13.9. The van der Waals surface area contributed by atoms with Crippen molar-refractivity contribution in [1.82, 2.24) is 0 Å². The van der Waals surface area contributed by atoms with Gasteiger partial charge in [0.2, 0.25) is 0 Å². The van der Waals surface area contributed by atoms with E-state index in [-0.39, 0.29) is 11.7 Å². The van der Waals surface area contributed by atoms with Crippen LogP contribution in [0.2, 0.25) is 5.02 Å². The van der Waals surface area contributed by atoms with Gasteiger partial charge in [0.05, 0.1) is 16.3 Å². The molecule has 0 bridgehead atoms. The van der Waals surface area contributed by atoms with E-state index in [0.29, 0.717) is 19.8 Å². The summed E-state index contributed by atoms with van der Waals surface area (Å²) in [6, 6.07) is 9.16. The number of halogens is 4. The Morgan fingerprint density at radius 3 is 2.63 bits per heavy atom. The first kappa shape index (κ1) is 14.7. The molecule has 2 rings (SSSR count). The van der Waals surface area contributed by atoms with Gasteiger partial charge in [-0.2, -0.15) is 0 Å². The second kappa shape index (κ2) is 6.19. The molecule has 2 nitrogen and oxygen atoms in total. The van der Waals surface area contributed by atoms with Crippen LogP contribution in [0.25, 0.3) is 0 Å². The molecule has 0 saturated heterocycles. The van der Waals surface area contributed by atoms with E-state index in [0.717, 1.165) is 4.47 Å². The summed E-state index contributed by atoms with van der Waals surface area (Å²) in [7, 11) is 0. The maximum atomic E-state index is 13.0. The highest BCUT2D eigenvalue weighted by molar-refractivity contribution is 14.1. The molecule has 0 aliphatic rings. The first-order chi connectivity index (χ1) is 8.97. The van der Waals surface area contributed by atoms with Crippen molar-refractivity contribution in [3.63, 3.8) is 0 Å². The van der Waals surface area contributed by atoms with Crippen LogP contribution in [0.5, 0.6) is 0 Å². The van der Waals surface area contributed by atoms with Crippen LogP contribution < -0.4 is 5.32 Å². The molecule has 1 N–H and O–H groups in total. The highest BCUT2D eigenvalue weighted by Gasteiger charge is 2.12. The van der Waals surface area contributed by atoms with Crippen molar-refractivity contribution >= 4 is 61.7 Å². The van der Waals surface area contributed by atoms with Gasteiger partial charge in [-0.1, -0.05) is 27.5 Å². The first-order valence-electron chi connectivity index (χ1n) is 5.19. The number of rotatable bonds is 2. The summed E-state index contributed by atoms with van der Waals surface area (Å²) < 4.78 is 14.4. The van der Waals surface area contributed by atoms with E-state index in [4.69, 9.17) is 11.6 Å². The standard InChI is InChI=1S/C13H7BrClFINO/c14-7-1-3-9(10(15)5-7)13(19)18-12-4-2-8(16)6-11(12)17/h1-6H,(H,18,19). The summed E-state index contributed by atoms with van der Waals surface area (Å²) >= 11 is 11.2. The number of carbonyl (C=O) groups is 1. The molecule has 2 aromatic carbocycles. The molecule has 0 fully saturated rings. The van der Waals surface area contributed by atoms with Gasteiger partial charge in [-0.05, 0) is 59.0 Å². The maximum absolute atomic E-state index is 13.0. The largest absolute Gasteiger partial charge is 0.321 e. The van der Waals surface area contributed by atoms with Gasteiger partial charge in [0.25, 0.3) is 5.91 Å². The van der Waals surface area contributed by atoms with Gasteiger partial charge in [0.15, 0.2) is 0 Å². The third-order valence-electron chi connectivity index (χ3n) is 2.36. The molecule has 0 heterocycles. The third-order valence-corrected chi connectivity index (χ3v) is 4.05. The average molecular weight is 454 g/mol. The van der Waals surface area contributed by atoms with Gasteiger partial charge in [-0.3, -0.25) is 4.79 Å². The van der Waals surface area contributed by atoms with Crippen molar-refractivity contribution in [3.05, 3.63) is 60.8 Å². The van der Waals surface area contributed by atoms with Gasteiger partial charge >= 0.3 is 0 Å². The predicted octanol–water partition coefficient (Wildman–Crippen LogP) is 5.10. The molecule has 0 spiro atoms.